The number of nitrogens with zero attached hydrogens (tertiary/aromatic N) is 1. The standard InChI is InChI=1S/C18H31NO3Si/c1-4-5-12-19(17-10-7-6-8-11-17)15-18-16-21-13-9-14-23(3,20-2)22-18/h6-8,10-11,18H,4-5,9,12-16H2,1-3H3. The van der Waals surface area contributed by atoms with Gasteiger partial charge in [-0.25, -0.2) is 0 Å². The van der Waals surface area contributed by atoms with Gasteiger partial charge in [0.05, 0.1) is 12.7 Å². The molecule has 0 aliphatic carbocycles. The minimum atomic E-state index is -2.06. The van der Waals surface area contributed by atoms with Gasteiger partial charge in [0.2, 0.25) is 0 Å². The normalized spacial score (nSPS) is 25.6. The first kappa shape index (κ1) is 18.5. The molecule has 1 heterocycles. The van der Waals surface area contributed by atoms with E-state index in [2.05, 4.69) is 48.7 Å². The fraction of sp³-hybridized carbons (Fsp3) is 0.667. The van der Waals surface area contributed by atoms with E-state index in [0.717, 1.165) is 32.2 Å². The lowest BCUT2D eigenvalue weighted by atomic mass is 10.2. The summed E-state index contributed by atoms with van der Waals surface area (Å²) in [5, 5.41) is 0. The molecule has 0 radical (unpaired) electrons. The van der Waals surface area contributed by atoms with E-state index in [4.69, 9.17) is 13.6 Å². The monoisotopic (exact) mass is 337 g/mol. The molecule has 1 aromatic carbocycles. The molecule has 0 saturated carbocycles. The Morgan fingerprint density at radius 3 is 2.78 bits per heavy atom. The predicted molar refractivity (Wildman–Crippen MR) is 97.3 cm³/mol. The SMILES string of the molecule is CCCCN(CC1COCCC[Si](C)(OC)O1)c1ccccc1. The van der Waals surface area contributed by atoms with E-state index in [1.807, 2.05) is 0 Å². The molecular formula is C18H31NO3Si. The summed E-state index contributed by atoms with van der Waals surface area (Å²) in [5.74, 6) is 0. The Hall–Kier alpha value is -0.883. The van der Waals surface area contributed by atoms with Gasteiger partial charge in [-0.1, -0.05) is 31.5 Å². The molecule has 130 valence electrons. The summed E-state index contributed by atoms with van der Waals surface area (Å²) in [6, 6.07) is 11.6. The van der Waals surface area contributed by atoms with Crippen molar-refractivity contribution in [3.05, 3.63) is 30.3 Å². The molecule has 0 amide bonds. The van der Waals surface area contributed by atoms with Crippen molar-refractivity contribution in [3.63, 3.8) is 0 Å². The lowest BCUT2D eigenvalue weighted by Crippen LogP contribution is -2.48. The minimum Gasteiger partial charge on any atom is -0.398 e. The van der Waals surface area contributed by atoms with Crippen molar-refractivity contribution in [3.8, 4) is 0 Å². The van der Waals surface area contributed by atoms with E-state index >= 15 is 0 Å². The Kier molecular flexibility index (Phi) is 7.56. The van der Waals surface area contributed by atoms with E-state index in [1.54, 1.807) is 7.11 Å². The van der Waals surface area contributed by atoms with Crippen molar-refractivity contribution in [2.75, 3.05) is 38.3 Å². The zero-order valence-corrected chi connectivity index (χ0v) is 15.8. The number of hydrogen-bond acceptors (Lipinski definition) is 4. The molecule has 23 heavy (non-hydrogen) atoms. The number of benzene rings is 1. The first-order chi connectivity index (χ1) is 11.2. The molecule has 2 atom stereocenters. The topological polar surface area (TPSA) is 30.9 Å². The summed E-state index contributed by atoms with van der Waals surface area (Å²) >= 11 is 0. The van der Waals surface area contributed by atoms with Gasteiger partial charge in [0, 0.05) is 32.5 Å². The molecule has 0 N–H and O–H groups in total. The quantitative estimate of drug-likeness (QED) is 0.708. The smallest absolute Gasteiger partial charge is 0.335 e. The summed E-state index contributed by atoms with van der Waals surface area (Å²) in [7, 11) is -0.272. The van der Waals surface area contributed by atoms with E-state index in [-0.39, 0.29) is 6.10 Å². The average molecular weight is 338 g/mol. The van der Waals surface area contributed by atoms with E-state index < -0.39 is 8.56 Å². The minimum absolute atomic E-state index is 0.0731. The van der Waals surface area contributed by atoms with Crippen LogP contribution in [0.5, 0.6) is 0 Å². The number of anilines is 1. The molecular weight excluding hydrogens is 306 g/mol. The molecule has 4 nitrogen and oxygen atoms in total. The van der Waals surface area contributed by atoms with Gasteiger partial charge in [0.25, 0.3) is 0 Å². The lowest BCUT2D eigenvalue weighted by Gasteiger charge is -2.36. The third kappa shape index (κ3) is 5.92. The van der Waals surface area contributed by atoms with Crippen LogP contribution in [0, 0.1) is 0 Å². The molecule has 2 rings (SSSR count). The highest BCUT2D eigenvalue weighted by Crippen LogP contribution is 2.22. The first-order valence-corrected chi connectivity index (χ1v) is 11.3. The molecule has 1 fully saturated rings. The summed E-state index contributed by atoms with van der Waals surface area (Å²) in [5.41, 5.74) is 1.26. The van der Waals surface area contributed by atoms with E-state index in [0.29, 0.717) is 6.61 Å². The van der Waals surface area contributed by atoms with Gasteiger partial charge >= 0.3 is 8.56 Å². The Balaban J connectivity index is 2.06. The summed E-state index contributed by atoms with van der Waals surface area (Å²) in [4.78, 5) is 2.42. The molecule has 5 heteroatoms. The van der Waals surface area contributed by atoms with Gasteiger partial charge in [0.15, 0.2) is 0 Å². The second-order valence-electron chi connectivity index (χ2n) is 6.39. The zero-order chi connectivity index (χ0) is 16.5. The number of ether oxygens (including phenoxy) is 1. The van der Waals surface area contributed by atoms with E-state index in [1.165, 1.54) is 18.5 Å². The van der Waals surface area contributed by atoms with Crippen LogP contribution < -0.4 is 4.90 Å². The fourth-order valence-electron chi connectivity index (χ4n) is 2.96. The van der Waals surface area contributed by atoms with Crippen LogP contribution in [0.15, 0.2) is 30.3 Å². The third-order valence-corrected chi connectivity index (χ3v) is 7.36. The van der Waals surface area contributed by atoms with Crippen LogP contribution in [0.4, 0.5) is 5.69 Å². The first-order valence-electron chi connectivity index (χ1n) is 8.77. The lowest BCUT2D eigenvalue weighted by molar-refractivity contribution is 0.0209. The average Bonchev–Trinajstić information content (AvgIpc) is 2.56. The third-order valence-electron chi connectivity index (χ3n) is 4.40. The van der Waals surface area contributed by atoms with Gasteiger partial charge in [-0.15, -0.1) is 0 Å². The molecule has 0 spiro atoms. The highest BCUT2D eigenvalue weighted by Gasteiger charge is 2.35. The second kappa shape index (κ2) is 9.42. The van der Waals surface area contributed by atoms with Crippen LogP contribution >= 0.6 is 0 Å². The van der Waals surface area contributed by atoms with Crippen molar-refractivity contribution >= 4 is 14.2 Å². The summed E-state index contributed by atoms with van der Waals surface area (Å²) < 4.78 is 17.9. The molecule has 1 aliphatic rings. The largest absolute Gasteiger partial charge is 0.398 e. The number of para-hydroxylation sites is 1. The Morgan fingerprint density at radius 2 is 2.09 bits per heavy atom. The van der Waals surface area contributed by atoms with Gasteiger partial charge in [-0.05, 0) is 37.6 Å². The van der Waals surface area contributed by atoms with Crippen LogP contribution in [0.2, 0.25) is 12.6 Å². The maximum Gasteiger partial charge on any atom is 0.335 e. The molecule has 2 unspecified atom stereocenters. The Bertz CT molecular complexity index is 445. The van der Waals surface area contributed by atoms with Gasteiger partial charge in [0.1, 0.15) is 0 Å². The number of hydrogen-bond donors (Lipinski definition) is 0. The van der Waals surface area contributed by atoms with Crippen LogP contribution in [0.25, 0.3) is 0 Å². The highest BCUT2D eigenvalue weighted by atomic mass is 28.4. The molecule has 1 aliphatic heterocycles. The van der Waals surface area contributed by atoms with Crippen LogP contribution in [-0.2, 0) is 13.6 Å². The van der Waals surface area contributed by atoms with Crippen molar-refractivity contribution in [2.24, 2.45) is 0 Å². The molecule has 1 saturated heterocycles. The van der Waals surface area contributed by atoms with Crippen LogP contribution in [0.1, 0.15) is 26.2 Å². The van der Waals surface area contributed by atoms with Crippen molar-refractivity contribution < 1.29 is 13.6 Å². The highest BCUT2D eigenvalue weighted by molar-refractivity contribution is 6.66. The van der Waals surface area contributed by atoms with Gasteiger partial charge in [-0.2, -0.15) is 0 Å². The second-order valence-corrected chi connectivity index (χ2v) is 9.80. The maximum absolute atomic E-state index is 6.41. The fourth-order valence-corrected chi connectivity index (χ4v) is 5.01. The van der Waals surface area contributed by atoms with Gasteiger partial charge < -0.3 is 18.5 Å². The maximum atomic E-state index is 6.41. The van der Waals surface area contributed by atoms with Crippen molar-refractivity contribution in [1.82, 2.24) is 0 Å². The number of rotatable bonds is 7. The predicted octanol–water partition coefficient (Wildman–Crippen LogP) is 3.82. The van der Waals surface area contributed by atoms with Crippen LogP contribution in [-0.4, -0.2) is 48.1 Å². The summed E-state index contributed by atoms with van der Waals surface area (Å²) in [6.45, 7) is 7.77. The molecule has 0 aromatic heterocycles. The van der Waals surface area contributed by atoms with Crippen LogP contribution in [0.3, 0.4) is 0 Å². The van der Waals surface area contributed by atoms with Crippen molar-refractivity contribution in [2.45, 2.75) is 44.9 Å². The summed E-state index contributed by atoms with van der Waals surface area (Å²) in [6.07, 6.45) is 3.47. The zero-order valence-electron chi connectivity index (χ0n) is 14.8. The molecule has 0 bridgehead atoms. The molecule has 1 aromatic rings. The Labute approximate surface area is 142 Å². The van der Waals surface area contributed by atoms with Gasteiger partial charge in [-0.3, -0.25) is 0 Å². The Morgan fingerprint density at radius 1 is 1.30 bits per heavy atom. The van der Waals surface area contributed by atoms with E-state index in [9.17, 15) is 0 Å². The number of unbranched alkanes of at least 4 members (excludes halogenated alkanes) is 1. The van der Waals surface area contributed by atoms with Crippen molar-refractivity contribution in [1.29, 1.82) is 0 Å².